The van der Waals surface area contributed by atoms with E-state index >= 15 is 0 Å². The summed E-state index contributed by atoms with van der Waals surface area (Å²) in [5.41, 5.74) is 6.56. The lowest BCUT2D eigenvalue weighted by molar-refractivity contribution is -0.137. The quantitative estimate of drug-likeness (QED) is 0.930. The highest BCUT2D eigenvalue weighted by Crippen LogP contribution is 2.30. The van der Waals surface area contributed by atoms with Crippen molar-refractivity contribution in [3.63, 3.8) is 0 Å². The first-order valence-electron chi connectivity index (χ1n) is 5.65. The molecule has 2 rings (SSSR count). The molecular weight excluding hydrogens is 255 g/mol. The summed E-state index contributed by atoms with van der Waals surface area (Å²) in [6.07, 6.45) is -1.01. The van der Waals surface area contributed by atoms with Crippen LogP contribution in [0.2, 0.25) is 0 Å². The van der Waals surface area contributed by atoms with Crippen LogP contribution in [0.3, 0.4) is 0 Å². The molecule has 1 unspecified atom stereocenters. The molecule has 1 heterocycles. The van der Waals surface area contributed by atoms with Crippen molar-refractivity contribution in [2.45, 2.75) is 18.6 Å². The van der Waals surface area contributed by atoms with E-state index in [0.29, 0.717) is 12.0 Å². The number of nitrogens with zero attached hydrogens (tertiary/aromatic N) is 2. The fourth-order valence-electron chi connectivity index (χ4n) is 1.77. The second kappa shape index (κ2) is 5.36. The van der Waals surface area contributed by atoms with Gasteiger partial charge in [-0.05, 0) is 29.7 Å². The molecule has 0 fully saturated rings. The molecule has 0 amide bonds. The summed E-state index contributed by atoms with van der Waals surface area (Å²) in [5, 5.41) is 7.32. The van der Waals surface area contributed by atoms with Crippen LogP contribution in [-0.4, -0.2) is 10.2 Å². The first-order valence-corrected chi connectivity index (χ1v) is 5.65. The number of alkyl halides is 3. The average Bonchev–Trinajstić information content (AvgIpc) is 2.39. The molecule has 0 saturated carbocycles. The second-order valence-electron chi connectivity index (χ2n) is 4.18. The zero-order valence-corrected chi connectivity index (χ0v) is 9.93. The third-order valence-electron chi connectivity index (χ3n) is 2.75. The minimum atomic E-state index is -4.33. The number of aromatic nitrogens is 2. The molecule has 0 spiro atoms. The maximum atomic E-state index is 12.6. The predicted molar refractivity (Wildman–Crippen MR) is 64.1 cm³/mol. The van der Waals surface area contributed by atoms with Gasteiger partial charge in [-0.2, -0.15) is 23.4 Å². The highest BCUT2D eigenvalue weighted by molar-refractivity contribution is 5.27. The van der Waals surface area contributed by atoms with Gasteiger partial charge in [0.15, 0.2) is 0 Å². The first-order chi connectivity index (χ1) is 8.97. The zero-order chi connectivity index (χ0) is 13.9. The van der Waals surface area contributed by atoms with Gasteiger partial charge in [0.05, 0.1) is 11.8 Å². The molecule has 0 radical (unpaired) electrons. The normalized spacial score (nSPS) is 13.3. The van der Waals surface area contributed by atoms with E-state index < -0.39 is 17.8 Å². The summed E-state index contributed by atoms with van der Waals surface area (Å²) in [6.45, 7) is 0. The fourth-order valence-corrected chi connectivity index (χ4v) is 1.77. The molecule has 2 aromatic rings. The van der Waals surface area contributed by atoms with Crippen LogP contribution in [0, 0.1) is 0 Å². The molecule has 1 aromatic carbocycles. The lowest BCUT2D eigenvalue weighted by Gasteiger charge is -2.13. The Kier molecular flexibility index (Phi) is 3.80. The van der Waals surface area contributed by atoms with Crippen LogP contribution < -0.4 is 5.73 Å². The van der Waals surface area contributed by atoms with Gasteiger partial charge in [-0.15, -0.1) is 0 Å². The number of nitrogens with two attached hydrogens (primary N) is 1. The largest absolute Gasteiger partial charge is 0.416 e. The van der Waals surface area contributed by atoms with E-state index in [1.54, 1.807) is 12.1 Å². The molecule has 3 nitrogen and oxygen atoms in total. The number of rotatable bonds is 3. The van der Waals surface area contributed by atoms with E-state index in [-0.39, 0.29) is 0 Å². The Morgan fingerprint density at radius 3 is 2.58 bits per heavy atom. The van der Waals surface area contributed by atoms with Crippen molar-refractivity contribution >= 4 is 0 Å². The Balaban J connectivity index is 2.16. The molecule has 0 aliphatic rings. The van der Waals surface area contributed by atoms with Gasteiger partial charge in [0, 0.05) is 12.2 Å². The van der Waals surface area contributed by atoms with E-state index in [0.717, 1.165) is 17.7 Å². The lowest BCUT2D eigenvalue weighted by Crippen LogP contribution is -2.14. The van der Waals surface area contributed by atoms with E-state index in [9.17, 15) is 13.2 Å². The molecule has 100 valence electrons. The number of hydrogen-bond acceptors (Lipinski definition) is 3. The minimum absolute atomic E-state index is 0.315. The van der Waals surface area contributed by atoms with E-state index in [2.05, 4.69) is 10.2 Å². The smallest absolute Gasteiger partial charge is 0.324 e. The Morgan fingerprint density at radius 1 is 1.16 bits per heavy atom. The predicted octanol–water partition coefficient (Wildman–Crippen LogP) is 2.74. The Bertz CT molecular complexity index is 540. The van der Waals surface area contributed by atoms with Crippen molar-refractivity contribution in [1.82, 2.24) is 10.2 Å². The standard InChI is InChI=1S/C13H12F3N3/c14-13(15,16)11-3-1-2-9(6-11)7-12(17)10-4-5-18-19-8-10/h1-6,8,12H,7,17H2. The number of halogens is 3. The topological polar surface area (TPSA) is 51.8 Å². The molecule has 0 aliphatic carbocycles. The Hall–Kier alpha value is -1.95. The van der Waals surface area contributed by atoms with Crippen molar-refractivity contribution in [1.29, 1.82) is 0 Å². The monoisotopic (exact) mass is 267 g/mol. The van der Waals surface area contributed by atoms with Crippen LogP contribution in [0.25, 0.3) is 0 Å². The van der Waals surface area contributed by atoms with Crippen molar-refractivity contribution < 1.29 is 13.2 Å². The zero-order valence-electron chi connectivity index (χ0n) is 9.93. The SMILES string of the molecule is NC(Cc1cccc(C(F)(F)F)c1)c1ccnnc1. The highest BCUT2D eigenvalue weighted by Gasteiger charge is 2.30. The van der Waals surface area contributed by atoms with Crippen LogP contribution in [0.15, 0.2) is 42.7 Å². The third kappa shape index (κ3) is 3.51. The van der Waals surface area contributed by atoms with Gasteiger partial charge in [-0.1, -0.05) is 18.2 Å². The molecule has 0 aliphatic heterocycles. The maximum Gasteiger partial charge on any atom is 0.416 e. The van der Waals surface area contributed by atoms with Gasteiger partial charge in [-0.25, -0.2) is 0 Å². The van der Waals surface area contributed by atoms with Crippen molar-refractivity contribution in [2.75, 3.05) is 0 Å². The molecule has 0 bridgehead atoms. The summed E-state index contributed by atoms with van der Waals surface area (Å²) < 4.78 is 37.7. The Labute approximate surface area is 108 Å². The Morgan fingerprint density at radius 2 is 1.95 bits per heavy atom. The third-order valence-corrected chi connectivity index (χ3v) is 2.75. The average molecular weight is 267 g/mol. The van der Waals surface area contributed by atoms with Crippen LogP contribution in [-0.2, 0) is 12.6 Å². The molecular formula is C13H12F3N3. The van der Waals surface area contributed by atoms with Crippen molar-refractivity contribution in [2.24, 2.45) is 5.73 Å². The second-order valence-corrected chi connectivity index (χ2v) is 4.18. The van der Waals surface area contributed by atoms with Gasteiger partial charge in [-0.3, -0.25) is 0 Å². The van der Waals surface area contributed by atoms with E-state index in [4.69, 9.17) is 5.73 Å². The summed E-state index contributed by atoms with van der Waals surface area (Å²) in [5.74, 6) is 0. The maximum absolute atomic E-state index is 12.6. The molecule has 6 heteroatoms. The number of hydrogen-bond donors (Lipinski definition) is 1. The first kappa shape index (κ1) is 13.5. The lowest BCUT2D eigenvalue weighted by atomic mass is 10.00. The van der Waals surface area contributed by atoms with Crippen LogP contribution in [0.5, 0.6) is 0 Å². The van der Waals surface area contributed by atoms with Gasteiger partial charge >= 0.3 is 6.18 Å². The van der Waals surface area contributed by atoms with Gasteiger partial charge in [0.25, 0.3) is 0 Å². The van der Waals surface area contributed by atoms with E-state index in [1.807, 2.05) is 0 Å². The summed E-state index contributed by atoms with van der Waals surface area (Å²) in [7, 11) is 0. The summed E-state index contributed by atoms with van der Waals surface area (Å²) in [4.78, 5) is 0. The van der Waals surface area contributed by atoms with Crippen LogP contribution in [0.4, 0.5) is 13.2 Å². The van der Waals surface area contributed by atoms with Gasteiger partial charge in [0.2, 0.25) is 0 Å². The molecule has 2 N–H and O–H groups in total. The minimum Gasteiger partial charge on any atom is -0.324 e. The molecule has 19 heavy (non-hydrogen) atoms. The highest BCUT2D eigenvalue weighted by atomic mass is 19.4. The van der Waals surface area contributed by atoms with Crippen LogP contribution in [0.1, 0.15) is 22.7 Å². The summed E-state index contributed by atoms with van der Waals surface area (Å²) in [6, 6.07) is 6.47. The molecule has 1 atom stereocenters. The molecule has 0 saturated heterocycles. The summed E-state index contributed by atoms with van der Waals surface area (Å²) >= 11 is 0. The fraction of sp³-hybridized carbons (Fsp3) is 0.231. The van der Waals surface area contributed by atoms with Gasteiger partial charge in [0.1, 0.15) is 0 Å². The van der Waals surface area contributed by atoms with Crippen molar-refractivity contribution in [3.8, 4) is 0 Å². The van der Waals surface area contributed by atoms with Gasteiger partial charge < -0.3 is 5.73 Å². The number of benzene rings is 1. The molecule has 1 aromatic heterocycles. The van der Waals surface area contributed by atoms with Crippen molar-refractivity contribution in [3.05, 3.63) is 59.4 Å². The van der Waals surface area contributed by atoms with E-state index in [1.165, 1.54) is 18.5 Å². The van der Waals surface area contributed by atoms with Crippen LogP contribution >= 0.6 is 0 Å².